The second-order valence-electron chi connectivity index (χ2n) is 4.78. The molecule has 1 aliphatic heterocycles. The molecule has 84 valence electrons. The molecule has 0 aliphatic carbocycles. The van der Waals surface area contributed by atoms with Crippen molar-refractivity contribution in [3.63, 3.8) is 0 Å². The van der Waals surface area contributed by atoms with Crippen molar-refractivity contribution in [3.8, 4) is 0 Å². The Balaban J connectivity index is 1.87. The van der Waals surface area contributed by atoms with Gasteiger partial charge in [-0.3, -0.25) is 0 Å². The van der Waals surface area contributed by atoms with Crippen LogP contribution in [0.2, 0.25) is 0 Å². The Morgan fingerprint density at radius 3 is 3.13 bits per heavy atom. The minimum absolute atomic E-state index is 0.0141. The predicted octanol–water partition coefficient (Wildman–Crippen LogP) is 1.64. The van der Waals surface area contributed by atoms with Crippen LogP contribution < -0.4 is 5.73 Å². The molecule has 3 nitrogen and oxygen atoms in total. The van der Waals surface area contributed by atoms with E-state index in [9.17, 15) is 0 Å². The zero-order valence-electron chi connectivity index (χ0n) is 9.41. The Labute approximate surface area is 91.2 Å². The number of hydrogen-bond donors (Lipinski definition) is 1. The number of furan rings is 1. The maximum atomic E-state index is 6.38. The van der Waals surface area contributed by atoms with Crippen molar-refractivity contribution >= 4 is 0 Å². The highest BCUT2D eigenvalue weighted by atomic mass is 16.3. The van der Waals surface area contributed by atoms with E-state index >= 15 is 0 Å². The molecule has 3 heteroatoms. The highest BCUT2D eigenvalue weighted by Gasteiger charge is 2.29. The van der Waals surface area contributed by atoms with E-state index in [0.717, 1.165) is 31.6 Å². The van der Waals surface area contributed by atoms with Gasteiger partial charge in [0.25, 0.3) is 0 Å². The summed E-state index contributed by atoms with van der Waals surface area (Å²) in [5, 5.41) is 0. The Morgan fingerprint density at radius 2 is 2.47 bits per heavy atom. The number of likely N-dealkylation sites (tertiary alicyclic amines) is 1. The third-order valence-corrected chi connectivity index (χ3v) is 3.25. The van der Waals surface area contributed by atoms with Crippen molar-refractivity contribution in [2.45, 2.75) is 31.2 Å². The third kappa shape index (κ3) is 2.83. The lowest BCUT2D eigenvalue weighted by Gasteiger charge is -2.38. The van der Waals surface area contributed by atoms with Gasteiger partial charge >= 0.3 is 0 Å². The van der Waals surface area contributed by atoms with Gasteiger partial charge in [0, 0.05) is 18.5 Å². The van der Waals surface area contributed by atoms with E-state index in [1.807, 2.05) is 12.1 Å². The number of rotatable bonds is 3. The number of nitrogens with zero attached hydrogens (tertiary/aromatic N) is 1. The van der Waals surface area contributed by atoms with Crippen molar-refractivity contribution in [1.29, 1.82) is 0 Å². The quantitative estimate of drug-likeness (QED) is 0.821. The summed E-state index contributed by atoms with van der Waals surface area (Å²) in [5.41, 5.74) is 6.37. The van der Waals surface area contributed by atoms with E-state index in [1.165, 1.54) is 13.0 Å². The van der Waals surface area contributed by atoms with Gasteiger partial charge in [-0.1, -0.05) is 0 Å². The molecule has 2 rings (SSSR count). The molecule has 1 unspecified atom stereocenters. The number of likely N-dealkylation sites (N-methyl/N-ethyl adjacent to an activating group) is 1. The maximum Gasteiger partial charge on any atom is 0.103 e. The van der Waals surface area contributed by atoms with Gasteiger partial charge in [0.2, 0.25) is 0 Å². The number of nitrogens with two attached hydrogens (primary N) is 1. The number of piperidine rings is 1. The number of aryl methyl sites for hydroxylation is 1. The van der Waals surface area contributed by atoms with Crippen LogP contribution in [0.5, 0.6) is 0 Å². The predicted molar refractivity (Wildman–Crippen MR) is 60.7 cm³/mol. The first-order chi connectivity index (χ1) is 7.18. The molecular formula is C12H20N2O. The van der Waals surface area contributed by atoms with Crippen LogP contribution in [0.3, 0.4) is 0 Å². The summed E-state index contributed by atoms with van der Waals surface area (Å²) in [4.78, 5) is 2.33. The summed E-state index contributed by atoms with van der Waals surface area (Å²) in [6.07, 6.45) is 6.05. The lowest BCUT2D eigenvalue weighted by Crippen LogP contribution is -2.53. The fourth-order valence-corrected chi connectivity index (χ4v) is 2.43. The molecule has 0 amide bonds. The summed E-state index contributed by atoms with van der Waals surface area (Å²) < 4.78 is 5.33. The van der Waals surface area contributed by atoms with E-state index < -0.39 is 0 Å². The van der Waals surface area contributed by atoms with Crippen LogP contribution in [0.25, 0.3) is 0 Å². The first kappa shape index (κ1) is 10.7. The summed E-state index contributed by atoms with van der Waals surface area (Å²) in [5.74, 6) is 1.05. The van der Waals surface area contributed by atoms with Gasteiger partial charge in [-0.2, -0.15) is 0 Å². The van der Waals surface area contributed by atoms with Gasteiger partial charge in [-0.15, -0.1) is 0 Å². The highest BCUT2D eigenvalue weighted by Crippen LogP contribution is 2.23. The first-order valence-electron chi connectivity index (χ1n) is 5.68. The summed E-state index contributed by atoms with van der Waals surface area (Å²) in [6, 6.07) is 3.96. The molecule has 1 aromatic rings. The van der Waals surface area contributed by atoms with Gasteiger partial charge in [-0.25, -0.2) is 0 Å². The standard InChI is InChI=1S/C12H20N2O/c1-14-8-3-6-12(13,10-14)7-5-11-4-2-9-15-11/h2,4,9H,3,5-8,10,13H2,1H3. The molecule has 1 aliphatic rings. The SMILES string of the molecule is CN1CCCC(N)(CCc2ccco2)C1. The Morgan fingerprint density at radius 1 is 1.60 bits per heavy atom. The van der Waals surface area contributed by atoms with Crippen LogP contribution in [-0.4, -0.2) is 30.6 Å². The molecule has 1 aromatic heterocycles. The molecule has 1 saturated heterocycles. The van der Waals surface area contributed by atoms with Gasteiger partial charge in [0.15, 0.2) is 0 Å². The third-order valence-electron chi connectivity index (χ3n) is 3.25. The molecular weight excluding hydrogens is 188 g/mol. The maximum absolute atomic E-state index is 6.38. The summed E-state index contributed by atoms with van der Waals surface area (Å²) in [6.45, 7) is 2.19. The number of hydrogen-bond acceptors (Lipinski definition) is 3. The highest BCUT2D eigenvalue weighted by molar-refractivity contribution is 5.01. The first-order valence-corrected chi connectivity index (χ1v) is 5.68. The van der Waals surface area contributed by atoms with Gasteiger partial charge in [-0.05, 0) is 45.0 Å². The molecule has 0 spiro atoms. The average Bonchev–Trinajstić information content (AvgIpc) is 2.67. The minimum Gasteiger partial charge on any atom is -0.469 e. The topological polar surface area (TPSA) is 42.4 Å². The van der Waals surface area contributed by atoms with E-state index in [2.05, 4.69) is 11.9 Å². The van der Waals surface area contributed by atoms with Crippen LogP contribution >= 0.6 is 0 Å². The van der Waals surface area contributed by atoms with Crippen molar-refractivity contribution in [3.05, 3.63) is 24.2 Å². The van der Waals surface area contributed by atoms with E-state index in [-0.39, 0.29) is 5.54 Å². The zero-order valence-corrected chi connectivity index (χ0v) is 9.41. The van der Waals surface area contributed by atoms with E-state index in [0.29, 0.717) is 0 Å². The van der Waals surface area contributed by atoms with Crippen molar-refractivity contribution in [2.75, 3.05) is 20.1 Å². The fraction of sp³-hybridized carbons (Fsp3) is 0.667. The Kier molecular flexibility index (Phi) is 3.12. The largest absolute Gasteiger partial charge is 0.469 e. The van der Waals surface area contributed by atoms with Crippen molar-refractivity contribution in [2.24, 2.45) is 5.73 Å². The smallest absolute Gasteiger partial charge is 0.103 e. The monoisotopic (exact) mass is 208 g/mol. The van der Waals surface area contributed by atoms with Crippen LogP contribution in [0.15, 0.2) is 22.8 Å². The Hall–Kier alpha value is -0.800. The van der Waals surface area contributed by atoms with Crippen LogP contribution in [0, 0.1) is 0 Å². The molecule has 15 heavy (non-hydrogen) atoms. The minimum atomic E-state index is -0.0141. The second kappa shape index (κ2) is 4.37. The molecule has 2 N–H and O–H groups in total. The lowest BCUT2D eigenvalue weighted by atomic mass is 9.85. The molecule has 0 bridgehead atoms. The second-order valence-corrected chi connectivity index (χ2v) is 4.78. The van der Waals surface area contributed by atoms with Gasteiger partial charge in [0.1, 0.15) is 5.76 Å². The molecule has 0 aromatic carbocycles. The van der Waals surface area contributed by atoms with E-state index in [1.54, 1.807) is 6.26 Å². The Bertz CT molecular complexity index is 297. The fourth-order valence-electron chi connectivity index (χ4n) is 2.43. The lowest BCUT2D eigenvalue weighted by molar-refractivity contribution is 0.169. The van der Waals surface area contributed by atoms with Crippen LogP contribution in [-0.2, 0) is 6.42 Å². The van der Waals surface area contributed by atoms with Crippen LogP contribution in [0.4, 0.5) is 0 Å². The molecule has 1 fully saturated rings. The van der Waals surface area contributed by atoms with Gasteiger partial charge < -0.3 is 15.1 Å². The molecule has 0 radical (unpaired) electrons. The summed E-state index contributed by atoms with van der Waals surface area (Å²) >= 11 is 0. The molecule has 2 heterocycles. The van der Waals surface area contributed by atoms with Gasteiger partial charge in [0.05, 0.1) is 6.26 Å². The van der Waals surface area contributed by atoms with E-state index in [4.69, 9.17) is 10.2 Å². The average molecular weight is 208 g/mol. The summed E-state index contributed by atoms with van der Waals surface area (Å²) in [7, 11) is 2.15. The molecule has 1 atom stereocenters. The molecule has 0 saturated carbocycles. The zero-order chi connectivity index (χ0) is 10.7. The van der Waals surface area contributed by atoms with Crippen LogP contribution in [0.1, 0.15) is 25.0 Å². The normalized spacial score (nSPS) is 28.1. The van der Waals surface area contributed by atoms with Crippen molar-refractivity contribution < 1.29 is 4.42 Å². The van der Waals surface area contributed by atoms with Crippen molar-refractivity contribution in [1.82, 2.24) is 4.90 Å².